The highest BCUT2D eigenvalue weighted by molar-refractivity contribution is 5.42. The third-order valence-corrected chi connectivity index (χ3v) is 3.40. The summed E-state index contributed by atoms with van der Waals surface area (Å²) in [5, 5.41) is 0. The van der Waals surface area contributed by atoms with Gasteiger partial charge in [-0.15, -0.1) is 0 Å². The van der Waals surface area contributed by atoms with Crippen molar-refractivity contribution in [1.82, 2.24) is 4.98 Å². The number of aromatic nitrogens is 1. The molecule has 0 radical (unpaired) electrons. The average molecular weight is 249 g/mol. The monoisotopic (exact) mass is 249 g/mol. The van der Waals surface area contributed by atoms with Crippen molar-refractivity contribution in [3.05, 3.63) is 23.9 Å². The number of piperidine rings is 1. The zero-order valence-corrected chi connectivity index (χ0v) is 11.3. The molecule has 2 unspecified atom stereocenters. The van der Waals surface area contributed by atoms with Crippen LogP contribution in [0, 0.1) is 0 Å². The van der Waals surface area contributed by atoms with Crippen molar-refractivity contribution >= 4 is 5.82 Å². The molecule has 1 saturated heterocycles. The largest absolute Gasteiger partial charge is 0.377 e. The summed E-state index contributed by atoms with van der Waals surface area (Å²) in [5.41, 5.74) is 7.05. The maximum Gasteiger partial charge on any atom is 0.128 e. The van der Waals surface area contributed by atoms with Crippen molar-refractivity contribution in [2.45, 2.75) is 38.8 Å². The molecule has 0 bridgehead atoms. The lowest BCUT2D eigenvalue weighted by Crippen LogP contribution is -2.40. The number of hydrogen-bond donors (Lipinski definition) is 1. The molecule has 100 valence electrons. The Balaban J connectivity index is 2.08. The molecule has 0 aliphatic carbocycles. The van der Waals surface area contributed by atoms with Crippen LogP contribution in [0.25, 0.3) is 0 Å². The zero-order valence-electron chi connectivity index (χ0n) is 11.3. The van der Waals surface area contributed by atoms with Crippen LogP contribution < -0.4 is 10.6 Å². The second kappa shape index (κ2) is 6.16. The van der Waals surface area contributed by atoms with Gasteiger partial charge in [-0.05, 0) is 44.4 Å². The van der Waals surface area contributed by atoms with Crippen LogP contribution in [0.4, 0.5) is 5.82 Å². The van der Waals surface area contributed by atoms with E-state index in [1.54, 1.807) is 0 Å². The summed E-state index contributed by atoms with van der Waals surface area (Å²) >= 11 is 0. The van der Waals surface area contributed by atoms with Crippen molar-refractivity contribution in [3.8, 4) is 0 Å². The minimum Gasteiger partial charge on any atom is -0.377 e. The SMILES string of the molecule is CCOC1CCCN(c2cc(C(C)N)ccn2)C1. The Morgan fingerprint density at radius 2 is 2.44 bits per heavy atom. The topological polar surface area (TPSA) is 51.4 Å². The van der Waals surface area contributed by atoms with Gasteiger partial charge in [-0.3, -0.25) is 0 Å². The molecule has 1 aliphatic rings. The number of hydrogen-bond acceptors (Lipinski definition) is 4. The normalized spacial score (nSPS) is 21.9. The van der Waals surface area contributed by atoms with Crippen LogP contribution in [0.2, 0.25) is 0 Å². The van der Waals surface area contributed by atoms with Gasteiger partial charge in [-0.1, -0.05) is 0 Å². The second-order valence-electron chi connectivity index (χ2n) is 4.90. The highest BCUT2D eigenvalue weighted by atomic mass is 16.5. The summed E-state index contributed by atoms with van der Waals surface area (Å²) in [4.78, 5) is 6.76. The van der Waals surface area contributed by atoms with E-state index in [-0.39, 0.29) is 6.04 Å². The molecule has 4 nitrogen and oxygen atoms in total. The molecule has 0 amide bonds. The van der Waals surface area contributed by atoms with Gasteiger partial charge in [0.05, 0.1) is 6.10 Å². The standard InChI is InChI=1S/C14H23N3O/c1-3-18-13-5-4-8-17(10-13)14-9-12(11(2)15)6-7-16-14/h6-7,9,11,13H,3-5,8,10,15H2,1-2H3. The van der Waals surface area contributed by atoms with Crippen LogP contribution in [-0.4, -0.2) is 30.8 Å². The fourth-order valence-electron chi connectivity index (χ4n) is 2.41. The Hall–Kier alpha value is -1.13. The van der Waals surface area contributed by atoms with E-state index in [1.165, 1.54) is 0 Å². The molecule has 0 spiro atoms. The van der Waals surface area contributed by atoms with Crippen LogP contribution in [0.15, 0.2) is 18.3 Å². The Kier molecular flexibility index (Phi) is 4.55. The van der Waals surface area contributed by atoms with E-state index < -0.39 is 0 Å². The average Bonchev–Trinajstić information content (AvgIpc) is 2.39. The highest BCUT2D eigenvalue weighted by Crippen LogP contribution is 2.21. The fourth-order valence-corrected chi connectivity index (χ4v) is 2.41. The fraction of sp³-hybridized carbons (Fsp3) is 0.643. The maximum atomic E-state index is 5.92. The smallest absolute Gasteiger partial charge is 0.128 e. The van der Waals surface area contributed by atoms with Gasteiger partial charge < -0.3 is 15.4 Å². The molecule has 1 aromatic rings. The van der Waals surface area contributed by atoms with Crippen LogP contribution in [-0.2, 0) is 4.74 Å². The van der Waals surface area contributed by atoms with E-state index in [2.05, 4.69) is 16.0 Å². The van der Waals surface area contributed by atoms with E-state index in [0.29, 0.717) is 6.10 Å². The summed E-state index contributed by atoms with van der Waals surface area (Å²) in [7, 11) is 0. The van der Waals surface area contributed by atoms with E-state index >= 15 is 0 Å². The van der Waals surface area contributed by atoms with Gasteiger partial charge in [-0.2, -0.15) is 0 Å². The Labute approximate surface area is 109 Å². The summed E-state index contributed by atoms with van der Waals surface area (Å²) in [5.74, 6) is 1.02. The number of ether oxygens (including phenoxy) is 1. The van der Waals surface area contributed by atoms with Crippen molar-refractivity contribution in [3.63, 3.8) is 0 Å². The molecule has 1 fully saturated rings. The summed E-state index contributed by atoms with van der Waals surface area (Å²) < 4.78 is 5.72. The summed E-state index contributed by atoms with van der Waals surface area (Å²) in [6.45, 7) is 6.82. The highest BCUT2D eigenvalue weighted by Gasteiger charge is 2.21. The molecule has 2 N–H and O–H groups in total. The van der Waals surface area contributed by atoms with Crippen LogP contribution in [0.1, 0.15) is 38.3 Å². The van der Waals surface area contributed by atoms with E-state index in [0.717, 1.165) is 43.9 Å². The molecule has 2 rings (SSSR count). The molecule has 0 aromatic carbocycles. The van der Waals surface area contributed by atoms with Crippen LogP contribution in [0.3, 0.4) is 0 Å². The Bertz CT molecular complexity index is 379. The van der Waals surface area contributed by atoms with Crippen LogP contribution >= 0.6 is 0 Å². The van der Waals surface area contributed by atoms with Gasteiger partial charge in [0.2, 0.25) is 0 Å². The minimum absolute atomic E-state index is 0.0548. The number of pyridine rings is 1. The molecular weight excluding hydrogens is 226 g/mol. The first-order chi connectivity index (χ1) is 8.70. The predicted octanol–water partition coefficient (Wildman–Crippen LogP) is 2.11. The number of nitrogens with two attached hydrogens (primary N) is 1. The molecule has 1 aromatic heterocycles. The number of anilines is 1. The lowest BCUT2D eigenvalue weighted by molar-refractivity contribution is 0.0525. The van der Waals surface area contributed by atoms with Crippen molar-refractivity contribution < 1.29 is 4.74 Å². The zero-order chi connectivity index (χ0) is 13.0. The second-order valence-corrected chi connectivity index (χ2v) is 4.90. The van der Waals surface area contributed by atoms with Gasteiger partial charge in [-0.25, -0.2) is 4.98 Å². The maximum absolute atomic E-state index is 5.92. The van der Waals surface area contributed by atoms with Gasteiger partial charge in [0, 0.05) is 31.9 Å². The molecule has 2 heterocycles. The molecule has 2 atom stereocenters. The van der Waals surface area contributed by atoms with Gasteiger partial charge in [0.1, 0.15) is 5.82 Å². The van der Waals surface area contributed by atoms with Crippen LogP contribution in [0.5, 0.6) is 0 Å². The number of rotatable bonds is 4. The molecule has 18 heavy (non-hydrogen) atoms. The predicted molar refractivity (Wildman–Crippen MR) is 73.7 cm³/mol. The molecule has 0 saturated carbocycles. The summed E-state index contributed by atoms with van der Waals surface area (Å²) in [6.07, 6.45) is 4.49. The van der Waals surface area contributed by atoms with Crippen molar-refractivity contribution in [2.24, 2.45) is 5.73 Å². The molecule has 1 aliphatic heterocycles. The lowest BCUT2D eigenvalue weighted by Gasteiger charge is -2.33. The minimum atomic E-state index is 0.0548. The first-order valence-electron chi connectivity index (χ1n) is 6.78. The van der Waals surface area contributed by atoms with Crippen molar-refractivity contribution in [2.75, 3.05) is 24.6 Å². The van der Waals surface area contributed by atoms with E-state index in [1.807, 2.05) is 26.1 Å². The van der Waals surface area contributed by atoms with E-state index in [9.17, 15) is 0 Å². The first-order valence-corrected chi connectivity index (χ1v) is 6.78. The molecule has 4 heteroatoms. The Morgan fingerprint density at radius 1 is 1.61 bits per heavy atom. The third kappa shape index (κ3) is 3.21. The Morgan fingerprint density at radius 3 is 3.17 bits per heavy atom. The molecular formula is C14H23N3O. The summed E-state index contributed by atoms with van der Waals surface area (Å²) in [6, 6.07) is 4.14. The van der Waals surface area contributed by atoms with Gasteiger partial charge >= 0.3 is 0 Å². The van der Waals surface area contributed by atoms with Gasteiger partial charge in [0.25, 0.3) is 0 Å². The van der Waals surface area contributed by atoms with Crippen molar-refractivity contribution in [1.29, 1.82) is 0 Å². The quantitative estimate of drug-likeness (QED) is 0.888. The van der Waals surface area contributed by atoms with Gasteiger partial charge in [0.15, 0.2) is 0 Å². The third-order valence-electron chi connectivity index (χ3n) is 3.40. The number of nitrogens with zero attached hydrogens (tertiary/aromatic N) is 2. The first kappa shape index (κ1) is 13.3. The van der Waals surface area contributed by atoms with E-state index in [4.69, 9.17) is 10.5 Å². The lowest BCUT2D eigenvalue weighted by atomic mass is 10.1.